The number of ether oxygens (including phenoxy) is 3. The predicted octanol–water partition coefficient (Wildman–Crippen LogP) is 3.32. The van der Waals surface area contributed by atoms with Gasteiger partial charge >= 0.3 is 18.0 Å². The zero-order chi connectivity index (χ0) is 33.2. The predicted molar refractivity (Wildman–Crippen MR) is 166 cm³/mol. The average molecular weight is 644 g/mol. The quantitative estimate of drug-likeness (QED) is 0.126. The van der Waals surface area contributed by atoms with E-state index in [-0.39, 0.29) is 63.1 Å². The van der Waals surface area contributed by atoms with Crippen LogP contribution >= 0.6 is 11.8 Å². The summed E-state index contributed by atoms with van der Waals surface area (Å²) in [6.45, 7) is 11.1. The van der Waals surface area contributed by atoms with E-state index in [2.05, 4.69) is 15.3 Å². The zero-order valence-electron chi connectivity index (χ0n) is 26.6. The van der Waals surface area contributed by atoms with Gasteiger partial charge in [-0.2, -0.15) is 0 Å². The highest BCUT2D eigenvalue weighted by molar-refractivity contribution is 7.99. The molecule has 0 aliphatic carbocycles. The summed E-state index contributed by atoms with van der Waals surface area (Å²) in [7, 11) is 0. The van der Waals surface area contributed by atoms with Gasteiger partial charge < -0.3 is 29.3 Å². The van der Waals surface area contributed by atoms with E-state index >= 15 is 0 Å². The molecule has 1 N–H and O–H groups in total. The van der Waals surface area contributed by atoms with Crippen molar-refractivity contribution in [2.45, 2.75) is 64.1 Å². The number of thioether (sulfide) groups is 1. The maximum atomic E-state index is 14.1. The van der Waals surface area contributed by atoms with Crippen LogP contribution in [-0.4, -0.2) is 106 Å². The zero-order valence-corrected chi connectivity index (χ0v) is 27.4. The third-order valence-corrected chi connectivity index (χ3v) is 7.56. The molecule has 1 aromatic heterocycles. The lowest BCUT2D eigenvalue weighted by Crippen LogP contribution is -2.67. The molecule has 3 amide bonds. The van der Waals surface area contributed by atoms with Crippen LogP contribution in [0.2, 0.25) is 0 Å². The van der Waals surface area contributed by atoms with Gasteiger partial charge in [0.05, 0.1) is 19.0 Å². The topological polar surface area (TPSA) is 157 Å². The van der Waals surface area contributed by atoms with Gasteiger partial charge in [0, 0.05) is 37.8 Å². The van der Waals surface area contributed by atoms with Gasteiger partial charge in [-0.1, -0.05) is 49.0 Å². The molecule has 244 valence electrons. The summed E-state index contributed by atoms with van der Waals surface area (Å²) in [5.74, 6) is -2.66. The number of hydrogen-bond acceptors (Lipinski definition) is 11. The number of carbonyl (C=O) groups is 5. The average Bonchev–Trinajstić information content (AvgIpc) is 3.02. The van der Waals surface area contributed by atoms with Gasteiger partial charge in [0.1, 0.15) is 16.3 Å². The summed E-state index contributed by atoms with van der Waals surface area (Å²) in [4.78, 5) is 77.9. The smallest absolute Gasteiger partial charge is 0.409 e. The van der Waals surface area contributed by atoms with Crippen LogP contribution in [0, 0.1) is 0 Å². The normalized spacial score (nSPS) is 14.6. The Labute approximate surface area is 267 Å². The highest BCUT2D eigenvalue weighted by atomic mass is 32.2. The third kappa shape index (κ3) is 9.40. The molecule has 1 unspecified atom stereocenters. The summed E-state index contributed by atoms with van der Waals surface area (Å²) < 4.78 is 15.7. The van der Waals surface area contributed by atoms with Gasteiger partial charge in [-0.25, -0.2) is 19.6 Å². The van der Waals surface area contributed by atoms with Crippen molar-refractivity contribution < 1.29 is 38.2 Å². The van der Waals surface area contributed by atoms with Crippen LogP contribution in [-0.2, 0) is 28.6 Å². The van der Waals surface area contributed by atoms with E-state index in [1.165, 1.54) is 15.9 Å². The third-order valence-electron chi connectivity index (χ3n) is 6.67. The molecule has 1 aliphatic heterocycles. The largest absolute Gasteiger partial charge is 0.465 e. The fourth-order valence-electron chi connectivity index (χ4n) is 4.44. The number of piperazine rings is 1. The Hall–Kier alpha value is -4.20. The van der Waals surface area contributed by atoms with E-state index in [0.717, 1.165) is 11.8 Å². The van der Waals surface area contributed by atoms with Crippen molar-refractivity contribution in [2.75, 3.05) is 45.1 Å². The van der Waals surface area contributed by atoms with Crippen molar-refractivity contribution in [1.82, 2.24) is 25.1 Å². The Kier molecular flexibility index (Phi) is 12.3. The molecule has 1 saturated heterocycles. The molecule has 0 saturated carbocycles. The van der Waals surface area contributed by atoms with Gasteiger partial charge in [-0.3, -0.25) is 14.4 Å². The fourth-order valence-corrected chi connectivity index (χ4v) is 5.14. The molecule has 0 bridgehead atoms. The first-order valence-corrected chi connectivity index (χ1v) is 15.8. The molecule has 0 radical (unpaired) electrons. The van der Waals surface area contributed by atoms with Crippen molar-refractivity contribution in [2.24, 2.45) is 0 Å². The summed E-state index contributed by atoms with van der Waals surface area (Å²) in [6.07, 6.45) is -0.604. The number of carbonyl (C=O) groups excluding carboxylic acids is 5. The first-order chi connectivity index (χ1) is 21.3. The maximum absolute atomic E-state index is 14.1. The number of amides is 3. The van der Waals surface area contributed by atoms with Crippen molar-refractivity contribution in [1.29, 1.82) is 0 Å². The Morgan fingerprint density at radius 2 is 1.51 bits per heavy atom. The summed E-state index contributed by atoms with van der Waals surface area (Å²) in [6, 6.07) is 10.3. The second-order valence-electron chi connectivity index (χ2n) is 11.1. The molecule has 1 aromatic carbocycles. The lowest BCUT2D eigenvalue weighted by Gasteiger charge is -2.40. The Morgan fingerprint density at radius 1 is 0.889 bits per heavy atom. The maximum Gasteiger partial charge on any atom is 0.409 e. The van der Waals surface area contributed by atoms with Gasteiger partial charge in [0.2, 0.25) is 5.54 Å². The van der Waals surface area contributed by atoms with Gasteiger partial charge in [0.25, 0.3) is 11.8 Å². The Bertz CT molecular complexity index is 1380. The standard InChI is InChI=1S/C31H41N5O8S/c1-7-31(28(40)44-30(4,5)6,27(39)35-15-17-36(18-16-35)29(41)43-9-3)34-26(38)22-19-23(45-20-24(37)42-8-2)33-25(32-22)21-13-11-10-12-14-21/h10-14,19H,7-9,15-18,20H2,1-6H3,(H,34,38). The number of hydrogen-bond donors (Lipinski definition) is 1. The van der Waals surface area contributed by atoms with E-state index in [0.29, 0.717) is 10.6 Å². The van der Waals surface area contributed by atoms with Gasteiger partial charge in [-0.15, -0.1) is 0 Å². The fraction of sp³-hybridized carbons (Fsp3) is 0.516. The van der Waals surface area contributed by atoms with Crippen LogP contribution in [0.1, 0.15) is 58.5 Å². The summed E-state index contributed by atoms with van der Waals surface area (Å²) in [5, 5.41) is 2.98. The van der Waals surface area contributed by atoms with Crippen LogP contribution < -0.4 is 5.32 Å². The molecule has 1 fully saturated rings. The minimum atomic E-state index is -2.09. The van der Waals surface area contributed by atoms with Crippen molar-refractivity contribution in [3.8, 4) is 11.4 Å². The van der Waals surface area contributed by atoms with E-state index in [1.54, 1.807) is 65.8 Å². The van der Waals surface area contributed by atoms with Crippen LogP contribution in [0.4, 0.5) is 4.79 Å². The van der Waals surface area contributed by atoms with E-state index in [4.69, 9.17) is 14.2 Å². The van der Waals surface area contributed by atoms with Gasteiger partial charge in [-0.05, 0) is 41.0 Å². The van der Waals surface area contributed by atoms with Crippen molar-refractivity contribution in [3.63, 3.8) is 0 Å². The van der Waals surface area contributed by atoms with Crippen LogP contribution in [0.5, 0.6) is 0 Å². The number of nitrogens with one attached hydrogen (secondary N) is 1. The number of benzene rings is 1. The highest BCUT2D eigenvalue weighted by Crippen LogP contribution is 2.25. The number of aromatic nitrogens is 2. The van der Waals surface area contributed by atoms with Crippen molar-refractivity contribution >= 4 is 41.6 Å². The number of esters is 2. The SMILES string of the molecule is CCOC(=O)CSc1cc(C(=O)NC(CC)(C(=O)OC(C)(C)C)C(=O)N2CCN(C(=O)OCC)CC2)nc(-c2ccccc2)n1. The monoisotopic (exact) mass is 643 g/mol. The van der Waals surface area contributed by atoms with E-state index in [9.17, 15) is 24.0 Å². The molecule has 2 heterocycles. The van der Waals surface area contributed by atoms with Crippen molar-refractivity contribution in [3.05, 3.63) is 42.1 Å². The second-order valence-corrected chi connectivity index (χ2v) is 12.1. The Balaban J connectivity index is 1.98. The van der Waals surface area contributed by atoms with E-state index < -0.39 is 41.0 Å². The van der Waals surface area contributed by atoms with Crippen LogP contribution in [0.25, 0.3) is 11.4 Å². The van der Waals surface area contributed by atoms with E-state index in [1.807, 2.05) is 6.07 Å². The molecule has 3 rings (SSSR count). The minimum Gasteiger partial charge on any atom is -0.465 e. The lowest BCUT2D eigenvalue weighted by atomic mass is 9.92. The molecule has 45 heavy (non-hydrogen) atoms. The summed E-state index contributed by atoms with van der Waals surface area (Å²) in [5.41, 5.74) is -2.55. The Morgan fingerprint density at radius 3 is 2.09 bits per heavy atom. The lowest BCUT2D eigenvalue weighted by molar-refractivity contribution is -0.169. The highest BCUT2D eigenvalue weighted by Gasteiger charge is 2.51. The molecular formula is C31H41N5O8S. The molecule has 13 nitrogen and oxygen atoms in total. The number of rotatable bonds is 11. The molecule has 1 aliphatic rings. The molecule has 2 aromatic rings. The molecular weight excluding hydrogens is 602 g/mol. The second kappa shape index (κ2) is 15.7. The first kappa shape index (κ1) is 35.3. The van der Waals surface area contributed by atoms with Gasteiger partial charge in [0.15, 0.2) is 5.82 Å². The molecule has 14 heteroatoms. The molecule has 0 spiro atoms. The number of nitrogens with zero attached hydrogens (tertiary/aromatic N) is 4. The molecule has 1 atom stereocenters. The minimum absolute atomic E-state index is 0.0484. The first-order valence-electron chi connectivity index (χ1n) is 14.8. The summed E-state index contributed by atoms with van der Waals surface area (Å²) >= 11 is 1.07. The van der Waals surface area contributed by atoms with Crippen LogP contribution in [0.3, 0.4) is 0 Å². The van der Waals surface area contributed by atoms with Crippen LogP contribution in [0.15, 0.2) is 41.4 Å².